The Morgan fingerprint density at radius 1 is 1.24 bits per heavy atom. The first-order chi connectivity index (χ1) is 9.94. The van der Waals surface area contributed by atoms with Crippen molar-refractivity contribution in [2.24, 2.45) is 28.6 Å². The third-order valence-electron chi connectivity index (χ3n) is 5.34. The van der Waals surface area contributed by atoms with Gasteiger partial charge in [-0.2, -0.15) is 0 Å². The monoisotopic (exact) mass is 284 g/mol. The van der Waals surface area contributed by atoms with E-state index in [0.29, 0.717) is 24.4 Å². The molecule has 0 aromatic heterocycles. The minimum Gasteiger partial charge on any atom is -0.456 e. The van der Waals surface area contributed by atoms with Gasteiger partial charge in [0, 0.05) is 16.8 Å². The van der Waals surface area contributed by atoms with Crippen LogP contribution in [0.15, 0.2) is 0 Å². The lowest BCUT2D eigenvalue weighted by molar-refractivity contribution is -0.137. The molecule has 4 rings (SSSR count). The van der Waals surface area contributed by atoms with Gasteiger partial charge < -0.3 is 4.74 Å². The number of terminal acetylenes is 1. The largest absolute Gasteiger partial charge is 0.456 e. The molecule has 0 heterocycles. The minimum atomic E-state index is -0.380. The quantitative estimate of drug-likeness (QED) is 0.441. The fourth-order valence-electron chi connectivity index (χ4n) is 5.04. The number of carbonyl (C=O) groups excluding carboxylic acids is 1. The molecule has 0 N–H and O–H groups in total. The van der Waals surface area contributed by atoms with Gasteiger partial charge in [-0.3, -0.25) is 0 Å². The molecule has 4 fully saturated rings. The second-order valence-electron chi connectivity index (χ2n) is 7.91. The van der Waals surface area contributed by atoms with Crippen LogP contribution in [-0.2, 0) is 9.53 Å². The molecule has 112 valence electrons. The second-order valence-corrected chi connectivity index (χ2v) is 7.91. The van der Waals surface area contributed by atoms with E-state index in [0.717, 1.165) is 19.3 Å². The summed E-state index contributed by atoms with van der Waals surface area (Å²) in [5, 5.41) is 0. The maximum atomic E-state index is 11.8. The van der Waals surface area contributed by atoms with E-state index >= 15 is 0 Å². The zero-order chi connectivity index (χ0) is 15.1. The Kier molecular flexibility index (Phi) is 3.53. The Balaban J connectivity index is 1.74. The predicted octanol–water partition coefficient (Wildman–Crippen LogP) is 3.41. The number of rotatable bonds is 2. The van der Waals surface area contributed by atoms with Crippen molar-refractivity contribution >= 4 is 5.97 Å². The second kappa shape index (κ2) is 5.10. The molecule has 0 aromatic rings. The van der Waals surface area contributed by atoms with Gasteiger partial charge in [-0.15, -0.1) is 6.42 Å². The zero-order valence-electron chi connectivity index (χ0n) is 13.1. The summed E-state index contributed by atoms with van der Waals surface area (Å²) >= 11 is 0. The molecule has 0 saturated heterocycles. The van der Waals surface area contributed by atoms with Gasteiger partial charge in [-0.1, -0.05) is 25.7 Å². The van der Waals surface area contributed by atoms with Crippen LogP contribution in [0.4, 0.5) is 0 Å². The van der Waals surface area contributed by atoms with Crippen molar-refractivity contribution in [3.63, 3.8) is 0 Å². The smallest absolute Gasteiger partial charge is 0.384 e. The first-order valence-corrected chi connectivity index (χ1v) is 8.12. The number of ether oxygens (including phenoxy) is 1. The third-order valence-corrected chi connectivity index (χ3v) is 5.34. The summed E-state index contributed by atoms with van der Waals surface area (Å²) in [4.78, 5) is 11.8. The van der Waals surface area contributed by atoms with Crippen molar-refractivity contribution in [1.29, 1.82) is 0 Å². The zero-order valence-corrected chi connectivity index (χ0v) is 13.1. The van der Waals surface area contributed by atoms with Gasteiger partial charge in [0.1, 0.15) is 0 Å². The SMILES string of the molecule is C#CC12CC3CC(C1)CC(C#CC(=O)OCC(C)C)(C3)C2. The normalized spacial score (nSPS) is 39.5. The molecule has 0 spiro atoms. The van der Waals surface area contributed by atoms with Crippen LogP contribution in [0.25, 0.3) is 0 Å². The summed E-state index contributed by atoms with van der Waals surface area (Å²) in [6, 6.07) is 0. The summed E-state index contributed by atoms with van der Waals surface area (Å²) in [6.45, 7) is 4.49. The summed E-state index contributed by atoms with van der Waals surface area (Å²) < 4.78 is 5.17. The molecule has 0 radical (unpaired) electrons. The van der Waals surface area contributed by atoms with E-state index in [4.69, 9.17) is 11.2 Å². The molecule has 4 saturated carbocycles. The summed E-state index contributed by atoms with van der Waals surface area (Å²) in [5.74, 6) is 10.5. The van der Waals surface area contributed by atoms with Crippen molar-refractivity contribution in [3.05, 3.63) is 0 Å². The van der Waals surface area contributed by atoms with Crippen LogP contribution in [-0.4, -0.2) is 12.6 Å². The standard InChI is InChI=1S/C19H24O2/c1-4-18-8-15-7-16(9-18)11-19(10-15,13-18)6-5-17(20)21-12-14(2)3/h1,14-16H,7-13H2,2-3H3. The minimum absolute atomic E-state index is 0.0205. The van der Waals surface area contributed by atoms with Crippen molar-refractivity contribution in [1.82, 2.24) is 0 Å². The molecule has 21 heavy (non-hydrogen) atoms. The van der Waals surface area contributed by atoms with Crippen LogP contribution in [0.1, 0.15) is 52.4 Å². The highest BCUT2D eigenvalue weighted by Crippen LogP contribution is 2.64. The van der Waals surface area contributed by atoms with E-state index in [1.807, 2.05) is 13.8 Å². The maximum absolute atomic E-state index is 11.8. The average molecular weight is 284 g/mol. The van der Waals surface area contributed by atoms with Crippen molar-refractivity contribution in [3.8, 4) is 24.2 Å². The highest BCUT2D eigenvalue weighted by Gasteiger charge is 2.56. The molecule has 2 unspecified atom stereocenters. The van der Waals surface area contributed by atoms with E-state index in [2.05, 4.69) is 17.8 Å². The van der Waals surface area contributed by atoms with E-state index in [1.54, 1.807) is 0 Å². The Morgan fingerprint density at radius 2 is 1.86 bits per heavy atom. The molecule has 2 nitrogen and oxygen atoms in total. The van der Waals surface area contributed by atoms with Crippen LogP contribution < -0.4 is 0 Å². The summed E-state index contributed by atoms with van der Waals surface area (Å²) in [6.07, 6.45) is 12.7. The number of carbonyl (C=O) groups is 1. The van der Waals surface area contributed by atoms with E-state index in [1.165, 1.54) is 19.3 Å². The van der Waals surface area contributed by atoms with Gasteiger partial charge in [0.15, 0.2) is 0 Å². The number of hydrogen-bond acceptors (Lipinski definition) is 2. The fourth-order valence-corrected chi connectivity index (χ4v) is 5.04. The Hall–Kier alpha value is -1.41. The van der Waals surface area contributed by atoms with E-state index < -0.39 is 0 Å². The molecule has 2 heteroatoms. The van der Waals surface area contributed by atoms with Gasteiger partial charge in [-0.25, -0.2) is 4.79 Å². The molecule has 4 bridgehead atoms. The molecule has 4 aliphatic carbocycles. The van der Waals surface area contributed by atoms with Gasteiger partial charge in [0.2, 0.25) is 0 Å². The van der Waals surface area contributed by atoms with Crippen molar-refractivity contribution in [2.75, 3.05) is 6.61 Å². The number of hydrogen-bond donors (Lipinski definition) is 0. The van der Waals surface area contributed by atoms with Gasteiger partial charge in [0.05, 0.1) is 6.61 Å². The van der Waals surface area contributed by atoms with Crippen LogP contribution >= 0.6 is 0 Å². The van der Waals surface area contributed by atoms with Gasteiger partial charge >= 0.3 is 5.97 Å². The van der Waals surface area contributed by atoms with Crippen LogP contribution in [0.5, 0.6) is 0 Å². The van der Waals surface area contributed by atoms with Crippen molar-refractivity contribution in [2.45, 2.75) is 52.4 Å². The Labute approximate surface area is 128 Å². The highest BCUT2D eigenvalue weighted by atomic mass is 16.5. The molecule has 2 atom stereocenters. The number of esters is 1. The first kappa shape index (κ1) is 14.5. The maximum Gasteiger partial charge on any atom is 0.384 e. The Bertz CT molecular complexity index is 526. The van der Waals surface area contributed by atoms with Gasteiger partial charge in [-0.05, 0) is 56.3 Å². The Morgan fingerprint density at radius 3 is 2.43 bits per heavy atom. The summed E-state index contributed by atoms with van der Waals surface area (Å²) in [7, 11) is 0. The molecule has 4 aliphatic rings. The van der Waals surface area contributed by atoms with Crippen LogP contribution in [0.2, 0.25) is 0 Å². The van der Waals surface area contributed by atoms with Crippen LogP contribution in [0.3, 0.4) is 0 Å². The van der Waals surface area contributed by atoms with Crippen LogP contribution in [0, 0.1) is 52.8 Å². The molecule has 0 aliphatic heterocycles. The molecular formula is C19H24O2. The first-order valence-electron chi connectivity index (χ1n) is 8.12. The molecular weight excluding hydrogens is 260 g/mol. The lowest BCUT2D eigenvalue weighted by Gasteiger charge is -2.58. The summed E-state index contributed by atoms with van der Waals surface area (Å²) in [5.41, 5.74) is 0.0356. The lowest BCUT2D eigenvalue weighted by atomic mass is 9.44. The van der Waals surface area contributed by atoms with E-state index in [9.17, 15) is 4.79 Å². The lowest BCUT2D eigenvalue weighted by Crippen LogP contribution is -2.50. The molecule has 0 amide bonds. The van der Waals surface area contributed by atoms with E-state index in [-0.39, 0.29) is 16.8 Å². The predicted molar refractivity (Wildman–Crippen MR) is 82.0 cm³/mol. The molecule has 0 aromatic carbocycles. The van der Waals surface area contributed by atoms with Gasteiger partial charge in [0.25, 0.3) is 0 Å². The van der Waals surface area contributed by atoms with Crippen molar-refractivity contribution < 1.29 is 9.53 Å². The average Bonchev–Trinajstić information content (AvgIpc) is 2.41. The highest BCUT2D eigenvalue weighted by molar-refractivity contribution is 5.88. The topological polar surface area (TPSA) is 26.3 Å². The third kappa shape index (κ3) is 2.82. The fraction of sp³-hybridized carbons (Fsp3) is 0.737.